The second-order valence-corrected chi connectivity index (χ2v) is 11.2. The van der Waals surface area contributed by atoms with Gasteiger partial charge in [-0.2, -0.15) is 0 Å². The predicted octanol–water partition coefficient (Wildman–Crippen LogP) is 5.17. The number of carbonyl (C=O) groups is 3. The van der Waals surface area contributed by atoms with Crippen molar-refractivity contribution in [3.05, 3.63) is 102 Å². The number of rotatable bonds is 10. The first-order valence-electron chi connectivity index (χ1n) is 13.1. The number of nitrogens with one attached hydrogen (secondary N) is 2. The molecule has 0 heterocycles. The van der Waals surface area contributed by atoms with Gasteiger partial charge in [0, 0.05) is 42.9 Å². The first kappa shape index (κ1) is 30.2. The summed E-state index contributed by atoms with van der Waals surface area (Å²) in [6.45, 7) is 4.68. The molecule has 2 N–H and O–H groups in total. The predicted molar refractivity (Wildman–Crippen MR) is 161 cm³/mol. The first-order chi connectivity index (χ1) is 20.0. The lowest BCUT2D eigenvalue weighted by atomic mass is 10.1. The van der Waals surface area contributed by atoms with E-state index in [1.807, 2.05) is 31.2 Å². The third-order valence-corrected chi connectivity index (χ3v) is 7.68. The van der Waals surface area contributed by atoms with Crippen molar-refractivity contribution in [3.8, 4) is 11.5 Å². The molecule has 0 saturated carbocycles. The molecule has 4 aromatic rings. The van der Waals surface area contributed by atoms with Crippen molar-refractivity contribution < 1.29 is 32.3 Å². The Kier molecular flexibility index (Phi) is 9.51. The molecule has 4 aromatic carbocycles. The van der Waals surface area contributed by atoms with Crippen LogP contribution in [0.4, 0.5) is 5.69 Å². The van der Waals surface area contributed by atoms with Crippen LogP contribution < -0.4 is 19.5 Å². The van der Waals surface area contributed by atoms with Gasteiger partial charge in [-0.05, 0) is 54.8 Å². The van der Waals surface area contributed by atoms with Gasteiger partial charge in [-0.25, -0.2) is 13.1 Å². The summed E-state index contributed by atoms with van der Waals surface area (Å²) in [6.07, 6.45) is 3.33. The number of fused-ring (bicyclic) bond motifs is 1. The summed E-state index contributed by atoms with van der Waals surface area (Å²) >= 11 is 0. The maximum absolute atomic E-state index is 13.2. The monoisotopic (exact) mass is 586 g/mol. The smallest absolute Gasteiger partial charge is 0.308 e. The van der Waals surface area contributed by atoms with Crippen molar-refractivity contribution >= 4 is 50.4 Å². The summed E-state index contributed by atoms with van der Waals surface area (Å²) in [5.41, 5.74) is 3.11. The maximum Gasteiger partial charge on any atom is 0.308 e. The van der Waals surface area contributed by atoms with Crippen molar-refractivity contribution in [2.24, 2.45) is 0 Å². The van der Waals surface area contributed by atoms with Crippen LogP contribution in [0.25, 0.3) is 16.8 Å². The summed E-state index contributed by atoms with van der Waals surface area (Å²) in [5.74, 6) is -1.53. The molecule has 216 valence electrons. The molecule has 0 atom stereocenters. The topological polar surface area (TPSA) is 128 Å². The Morgan fingerprint density at radius 2 is 1.48 bits per heavy atom. The summed E-state index contributed by atoms with van der Waals surface area (Å²) in [7, 11) is -3.82. The average Bonchev–Trinajstić information content (AvgIpc) is 2.93. The van der Waals surface area contributed by atoms with Crippen LogP contribution in [-0.4, -0.2) is 32.8 Å². The summed E-state index contributed by atoms with van der Waals surface area (Å²) in [5, 5.41) is 3.82. The SMILES string of the molecule is CC(=O)Oc1ccc(/C=C/C(=O)Nc2cccc3c(S(=O)(=O)NCCc4ccc(C)cc4)cccc23)cc1OC(C)=O. The minimum atomic E-state index is -3.82. The second-order valence-electron chi connectivity index (χ2n) is 9.51. The molecule has 42 heavy (non-hydrogen) atoms. The molecule has 4 rings (SSSR count). The van der Waals surface area contributed by atoms with Gasteiger partial charge >= 0.3 is 11.9 Å². The Morgan fingerprint density at radius 3 is 2.19 bits per heavy atom. The minimum Gasteiger partial charge on any atom is -0.423 e. The number of esters is 2. The van der Waals surface area contributed by atoms with Crippen LogP contribution in [0.5, 0.6) is 11.5 Å². The summed E-state index contributed by atoms with van der Waals surface area (Å²) < 4.78 is 39.2. The van der Waals surface area contributed by atoms with Crippen molar-refractivity contribution in [2.75, 3.05) is 11.9 Å². The number of hydrogen-bond donors (Lipinski definition) is 2. The Balaban J connectivity index is 1.50. The molecule has 0 bridgehead atoms. The lowest BCUT2D eigenvalue weighted by Crippen LogP contribution is -2.26. The number of ether oxygens (including phenoxy) is 2. The normalized spacial score (nSPS) is 11.4. The van der Waals surface area contributed by atoms with Crippen LogP contribution >= 0.6 is 0 Å². The third-order valence-electron chi connectivity index (χ3n) is 6.16. The number of hydrogen-bond acceptors (Lipinski definition) is 7. The molecule has 0 aliphatic carbocycles. The van der Waals surface area contributed by atoms with Gasteiger partial charge in [0.1, 0.15) is 0 Å². The third kappa shape index (κ3) is 7.90. The fourth-order valence-corrected chi connectivity index (χ4v) is 5.49. The highest BCUT2D eigenvalue weighted by Crippen LogP contribution is 2.30. The largest absolute Gasteiger partial charge is 0.423 e. The van der Waals surface area contributed by atoms with E-state index in [1.54, 1.807) is 36.4 Å². The quantitative estimate of drug-likeness (QED) is 0.149. The number of aryl methyl sites for hydroxylation is 1. The van der Waals surface area contributed by atoms with Crippen LogP contribution in [0.3, 0.4) is 0 Å². The molecular weight excluding hydrogens is 556 g/mol. The van der Waals surface area contributed by atoms with Gasteiger partial charge in [-0.1, -0.05) is 60.2 Å². The van der Waals surface area contributed by atoms with E-state index in [-0.39, 0.29) is 22.9 Å². The molecule has 0 spiro atoms. The highest BCUT2D eigenvalue weighted by Gasteiger charge is 2.18. The molecule has 9 nitrogen and oxygen atoms in total. The van der Waals surface area contributed by atoms with Crippen molar-refractivity contribution in [3.63, 3.8) is 0 Å². The van der Waals surface area contributed by atoms with Crippen LogP contribution in [0.2, 0.25) is 0 Å². The van der Waals surface area contributed by atoms with Crippen LogP contribution in [0.15, 0.2) is 89.8 Å². The zero-order chi connectivity index (χ0) is 30.3. The number of benzene rings is 4. The molecule has 0 saturated heterocycles. The van der Waals surface area contributed by atoms with E-state index in [0.717, 1.165) is 11.1 Å². The van der Waals surface area contributed by atoms with E-state index in [1.165, 1.54) is 44.2 Å². The number of amides is 1. The maximum atomic E-state index is 13.2. The second kappa shape index (κ2) is 13.2. The molecule has 0 radical (unpaired) electrons. The van der Waals surface area contributed by atoms with Gasteiger partial charge < -0.3 is 14.8 Å². The minimum absolute atomic E-state index is 0.0375. The summed E-state index contributed by atoms with van der Waals surface area (Å²) in [6, 6.07) is 22.4. The molecule has 1 amide bonds. The van der Waals surface area contributed by atoms with Crippen molar-refractivity contribution in [2.45, 2.75) is 32.1 Å². The zero-order valence-electron chi connectivity index (χ0n) is 23.3. The molecule has 0 unspecified atom stereocenters. The fraction of sp³-hybridized carbons (Fsp3) is 0.156. The highest BCUT2D eigenvalue weighted by molar-refractivity contribution is 7.89. The average molecular weight is 587 g/mol. The Hall–Kier alpha value is -4.80. The molecule has 0 aliphatic heterocycles. The fourth-order valence-electron chi connectivity index (χ4n) is 4.24. The van der Waals surface area contributed by atoms with Gasteiger partial charge in [0.05, 0.1) is 4.90 Å². The van der Waals surface area contributed by atoms with Gasteiger partial charge in [0.25, 0.3) is 0 Å². The van der Waals surface area contributed by atoms with E-state index in [4.69, 9.17) is 9.47 Å². The van der Waals surface area contributed by atoms with Crippen LogP contribution in [0.1, 0.15) is 30.5 Å². The Morgan fingerprint density at radius 1 is 0.810 bits per heavy atom. The van der Waals surface area contributed by atoms with Crippen LogP contribution in [0, 0.1) is 6.92 Å². The molecule has 0 aliphatic rings. The van der Waals surface area contributed by atoms with Gasteiger partial charge in [0.2, 0.25) is 15.9 Å². The highest BCUT2D eigenvalue weighted by atomic mass is 32.2. The number of sulfonamides is 1. The van der Waals surface area contributed by atoms with E-state index in [0.29, 0.717) is 28.4 Å². The van der Waals surface area contributed by atoms with Crippen molar-refractivity contribution in [1.82, 2.24) is 4.72 Å². The van der Waals surface area contributed by atoms with E-state index < -0.39 is 27.9 Å². The molecule has 0 aromatic heterocycles. The first-order valence-corrected chi connectivity index (χ1v) is 14.6. The number of anilines is 1. The molecule has 0 fully saturated rings. The van der Waals surface area contributed by atoms with Crippen LogP contribution in [-0.2, 0) is 30.8 Å². The van der Waals surface area contributed by atoms with Gasteiger partial charge in [-0.3, -0.25) is 14.4 Å². The molecule has 10 heteroatoms. The molecular formula is C32H30N2O7S. The van der Waals surface area contributed by atoms with E-state index in [9.17, 15) is 22.8 Å². The van der Waals surface area contributed by atoms with E-state index in [2.05, 4.69) is 10.0 Å². The lowest BCUT2D eigenvalue weighted by molar-refractivity contribution is -0.134. The number of carbonyl (C=O) groups excluding carboxylic acids is 3. The standard InChI is InChI=1S/C32H30N2O7S/c1-21-10-12-24(13-11-21)18-19-33-42(38,39)31-9-5-6-26-27(31)7-4-8-28(26)34-32(37)17-15-25-14-16-29(40-22(2)35)30(20-25)41-23(3)36/h4-17,20,33H,18-19H2,1-3H3,(H,34,37)/b17-15+. The Labute approximate surface area is 244 Å². The lowest BCUT2D eigenvalue weighted by Gasteiger charge is -2.12. The zero-order valence-corrected chi connectivity index (χ0v) is 24.2. The van der Waals surface area contributed by atoms with Crippen molar-refractivity contribution in [1.29, 1.82) is 0 Å². The van der Waals surface area contributed by atoms with Gasteiger partial charge in [-0.15, -0.1) is 0 Å². The van der Waals surface area contributed by atoms with Gasteiger partial charge in [0.15, 0.2) is 11.5 Å². The summed E-state index contributed by atoms with van der Waals surface area (Å²) in [4.78, 5) is 35.7. The van der Waals surface area contributed by atoms with E-state index >= 15 is 0 Å². The Bertz CT molecular complexity index is 1780.